The first kappa shape index (κ1) is 10.8. The van der Waals surface area contributed by atoms with Crippen LogP contribution in [0.1, 0.15) is 51.9 Å². The van der Waals surface area contributed by atoms with E-state index in [4.69, 9.17) is 11.6 Å². The quantitative estimate of drug-likeness (QED) is 0.617. The highest BCUT2D eigenvalue weighted by molar-refractivity contribution is 6.33. The minimum atomic E-state index is 0.279. The SMILES string of the molecule is CCCCCCC1=C(Cl)CCC1=O. The van der Waals surface area contributed by atoms with E-state index in [1.54, 1.807) is 0 Å². The second-order valence-electron chi connectivity index (χ2n) is 3.62. The predicted octanol–water partition coefficient (Wildman–Crippen LogP) is 3.81. The monoisotopic (exact) mass is 200 g/mol. The lowest BCUT2D eigenvalue weighted by molar-refractivity contribution is -0.115. The second kappa shape index (κ2) is 5.43. The lowest BCUT2D eigenvalue weighted by Gasteiger charge is -2.00. The summed E-state index contributed by atoms with van der Waals surface area (Å²) in [6, 6.07) is 0. The van der Waals surface area contributed by atoms with Crippen LogP contribution in [-0.4, -0.2) is 5.78 Å². The Hall–Kier alpha value is -0.300. The van der Waals surface area contributed by atoms with Crippen LogP contribution in [0.25, 0.3) is 0 Å². The van der Waals surface area contributed by atoms with Gasteiger partial charge >= 0.3 is 0 Å². The molecule has 0 saturated carbocycles. The number of rotatable bonds is 5. The van der Waals surface area contributed by atoms with Crippen molar-refractivity contribution in [3.63, 3.8) is 0 Å². The Morgan fingerprint density at radius 2 is 2.00 bits per heavy atom. The molecular formula is C11H17ClO. The van der Waals surface area contributed by atoms with Crippen LogP contribution >= 0.6 is 11.6 Å². The van der Waals surface area contributed by atoms with Gasteiger partial charge in [-0.3, -0.25) is 4.79 Å². The molecule has 1 rings (SSSR count). The smallest absolute Gasteiger partial charge is 0.160 e. The van der Waals surface area contributed by atoms with Crippen LogP contribution in [0.2, 0.25) is 0 Å². The molecule has 0 aromatic rings. The van der Waals surface area contributed by atoms with Crippen LogP contribution in [0.4, 0.5) is 0 Å². The van der Waals surface area contributed by atoms with Gasteiger partial charge in [0.05, 0.1) is 0 Å². The Kier molecular flexibility index (Phi) is 4.51. The fraction of sp³-hybridized carbons (Fsp3) is 0.727. The number of ketones is 1. The molecule has 1 nitrogen and oxygen atoms in total. The molecule has 0 aliphatic heterocycles. The van der Waals surface area contributed by atoms with Crippen LogP contribution in [-0.2, 0) is 4.79 Å². The fourth-order valence-corrected chi connectivity index (χ4v) is 1.97. The van der Waals surface area contributed by atoms with Gasteiger partial charge in [-0.05, 0) is 19.3 Å². The zero-order chi connectivity index (χ0) is 9.68. The first-order chi connectivity index (χ1) is 6.25. The molecule has 2 heteroatoms. The number of halogens is 1. The number of allylic oxidation sites excluding steroid dienone is 2. The zero-order valence-electron chi connectivity index (χ0n) is 8.24. The summed E-state index contributed by atoms with van der Waals surface area (Å²) < 4.78 is 0. The van der Waals surface area contributed by atoms with Crippen molar-refractivity contribution in [2.24, 2.45) is 0 Å². The Morgan fingerprint density at radius 1 is 1.23 bits per heavy atom. The standard InChI is InChI=1S/C11H17ClO/c1-2-3-4-5-6-9-10(12)7-8-11(9)13/h2-8H2,1H3. The highest BCUT2D eigenvalue weighted by Crippen LogP contribution is 2.29. The van der Waals surface area contributed by atoms with E-state index in [2.05, 4.69) is 6.92 Å². The Bertz CT molecular complexity index is 218. The summed E-state index contributed by atoms with van der Waals surface area (Å²) in [5, 5.41) is 0.821. The molecule has 0 fully saturated rings. The van der Waals surface area contributed by atoms with Crippen molar-refractivity contribution in [1.29, 1.82) is 0 Å². The van der Waals surface area contributed by atoms with Crippen molar-refractivity contribution >= 4 is 17.4 Å². The van der Waals surface area contributed by atoms with Gasteiger partial charge in [0, 0.05) is 17.0 Å². The molecule has 0 N–H and O–H groups in total. The van der Waals surface area contributed by atoms with Crippen molar-refractivity contribution in [2.45, 2.75) is 51.9 Å². The molecule has 0 heterocycles. The van der Waals surface area contributed by atoms with Crippen LogP contribution in [0.5, 0.6) is 0 Å². The number of carbonyl (C=O) groups excluding carboxylic acids is 1. The normalized spacial score (nSPS) is 17.2. The average molecular weight is 201 g/mol. The molecule has 0 atom stereocenters. The van der Waals surface area contributed by atoms with E-state index in [1.807, 2.05) is 0 Å². The topological polar surface area (TPSA) is 17.1 Å². The summed E-state index contributed by atoms with van der Waals surface area (Å²) >= 11 is 5.94. The minimum Gasteiger partial charge on any atom is -0.294 e. The van der Waals surface area contributed by atoms with Crippen molar-refractivity contribution in [2.75, 3.05) is 0 Å². The molecule has 0 saturated heterocycles. The molecular weight excluding hydrogens is 184 g/mol. The minimum absolute atomic E-state index is 0.279. The highest BCUT2D eigenvalue weighted by Gasteiger charge is 2.20. The number of hydrogen-bond acceptors (Lipinski definition) is 1. The first-order valence-electron chi connectivity index (χ1n) is 5.16. The molecule has 0 aromatic heterocycles. The van der Waals surface area contributed by atoms with Gasteiger partial charge in [-0.2, -0.15) is 0 Å². The van der Waals surface area contributed by atoms with E-state index in [-0.39, 0.29) is 5.78 Å². The number of carbonyl (C=O) groups is 1. The predicted molar refractivity (Wildman–Crippen MR) is 55.9 cm³/mol. The van der Waals surface area contributed by atoms with Gasteiger partial charge in [0.15, 0.2) is 5.78 Å². The maximum absolute atomic E-state index is 11.3. The molecule has 0 amide bonds. The summed E-state index contributed by atoms with van der Waals surface area (Å²) in [4.78, 5) is 11.3. The Balaban J connectivity index is 2.27. The molecule has 0 bridgehead atoms. The van der Waals surface area contributed by atoms with E-state index >= 15 is 0 Å². The van der Waals surface area contributed by atoms with E-state index in [0.29, 0.717) is 6.42 Å². The van der Waals surface area contributed by atoms with Gasteiger partial charge in [-0.1, -0.05) is 37.8 Å². The van der Waals surface area contributed by atoms with Crippen molar-refractivity contribution < 1.29 is 4.79 Å². The van der Waals surface area contributed by atoms with Gasteiger partial charge < -0.3 is 0 Å². The summed E-state index contributed by atoms with van der Waals surface area (Å²) in [7, 11) is 0. The van der Waals surface area contributed by atoms with Gasteiger partial charge in [0.1, 0.15) is 0 Å². The van der Waals surface area contributed by atoms with Crippen LogP contribution in [0.3, 0.4) is 0 Å². The molecule has 1 aliphatic rings. The number of unbranched alkanes of at least 4 members (excludes halogenated alkanes) is 3. The first-order valence-corrected chi connectivity index (χ1v) is 5.54. The van der Waals surface area contributed by atoms with E-state index in [0.717, 1.165) is 29.9 Å². The lowest BCUT2D eigenvalue weighted by atomic mass is 10.1. The summed E-state index contributed by atoms with van der Waals surface area (Å²) in [5.74, 6) is 0.279. The van der Waals surface area contributed by atoms with Crippen molar-refractivity contribution in [3.8, 4) is 0 Å². The Labute approximate surface area is 85.2 Å². The molecule has 0 radical (unpaired) electrons. The van der Waals surface area contributed by atoms with E-state index < -0.39 is 0 Å². The van der Waals surface area contributed by atoms with Gasteiger partial charge in [0.2, 0.25) is 0 Å². The fourth-order valence-electron chi connectivity index (χ4n) is 1.68. The van der Waals surface area contributed by atoms with Gasteiger partial charge in [-0.15, -0.1) is 0 Å². The summed E-state index contributed by atoms with van der Waals surface area (Å²) in [6.07, 6.45) is 7.16. The van der Waals surface area contributed by atoms with Gasteiger partial charge in [0.25, 0.3) is 0 Å². The zero-order valence-corrected chi connectivity index (χ0v) is 8.99. The molecule has 0 spiro atoms. The molecule has 0 unspecified atom stereocenters. The van der Waals surface area contributed by atoms with Gasteiger partial charge in [-0.25, -0.2) is 0 Å². The van der Waals surface area contributed by atoms with Crippen LogP contribution in [0, 0.1) is 0 Å². The molecule has 0 aromatic carbocycles. The highest BCUT2D eigenvalue weighted by atomic mass is 35.5. The number of hydrogen-bond donors (Lipinski definition) is 0. The third-order valence-electron chi connectivity index (χ3n) is 2.52. The van der Waals surface area contributed by atoms with Crippen molar-refractivity contribution in [3.05, 3.63) is 10.6 Å². The van der Waals surface area contributed by atoms with E-state index in [1.165, 1.54) is 19.3 Å². The van der Waals surface area contributed by atoms with Crippen molar-refractivity contribution in [1.82, 2.24) is 0 Å². The Morgan fingerprint density at radius 3 is 2.54 bits per heavy atom. The largest absolute Gasteiger partial charge is 0.294 e. The molecule has 1 aliphatic carbocycles. The third-order valence-corrected chi connectivity index (χ3v) is 2.93. The third kappa shape index (κ3) is 3.15. The number of Topliss-reactive ketones (excluding diaryl/α,β-unsaturated/α-hetero) is 1. The average Bonchev–Trinajstić information content (AvgIpc) is 2.42. The second-order valence-corrected chi connectivity index (χ2v) is 4.07. The van der Waals surface area contributed by atoms with Crippen LogP contribution < -0.4 is 0 Å². The summed E-state index contributed by atoms with van der Waals surface area (Å²) in [5.41, 5.74) is 0.915. The lowest BCUT2D eigenvalue weighted by Crippen LogP contribution is -1.95. The van der Waals surface area contributed by atoms with Crippen LogP contribution in [0.15, 0.2) is 10.6 Å². The van der Waals surface area contributed by atoms with E-state index in [9.17, 15) is 4.79 Å². The maximum Gasteiger partial charge on any atom is 0.160 e. The summed E-state index contributed by atoms with van der Waals surface area (Å²) in [6.45, 7) is 2.19. The molecule has 13 heavy (non-hydrogen) atoms. The maximum atomic E-state index is 11.3. The molecule has 74 valence electrons.